The van der Waals surface area contributed by atoms with Crippen LogP contribution in [0.1, 0.15) is 45.7 Å². The lowest BCUT2D eigenvalue weighted by atomic mass is 9.82. The highest BCUT2D eigenvalue weighted by Crippen LogP contribution is 2.36. The van der Waals surface area contributed by atoms with Crippen LogP contribution in [-0.4, -0.2) is 6.54 Å². The van der Waals surface area contributed by atoms with Crippen LogP contribution in [0.15, 0.2) is 22.7 Å². The predicted octanol–water partition coefficient (Wildman–Crippen LogP) is 4.68. The molecule has 0 heterocycles. The molecule has 0 aliphatic rings. The Morgan fingerprint density at radius 1 is 1.35 bits per heavy atom. The van der Waals surface area contributed by atoms with Gasteiger partial charge in [-0.2, -0.15) is 0 Å². The molecular formula is C14H21BrFN. The van der Waals surface area contributed by atoms with Crippen LogP contribution >= 0.6 is 15.9 Å². The fourth-order valence-electron chi connectivity index (χ4n) is 1.91. The molecule has 0 saturated carbocycles. The summed E-state index contributed by atoms with van der Waals surface area (Å²) in [6.07, 6.45) is 1.09. The summed E-state index contributed by atoms with van der Waals surface area (Å²) in [5.74, 6) is -0.205. The normalized spacial score (nSPS) is 13.8. The summed E-state index contributed by atoms with van der Waals surface area (Å²) < 4.78 is 13.9. The van der Waals surface area contributed by atoms with E-state index in [2.05, 4.69) is 48.9 Å². The second kappa shape index (κ2) is 5.96. The minimum absolute atomic E-state index is 0.0928. The summed E-state index contributed by atoms with van der Waals surface area (Å²) >= 11 is 3.45. The lowest BCUT2D eigenvalue weighted by Crippen LogP contribution is -2.33. The van der Waals surface area contributed by atoms with Gasteiger partial charge in [-0.1, -0.05) is 49.7 Å². The summed E-state index contributed by atoms with van der Waals surface area (Å²) in [5.41, 5.74) is 1.21. The molecule has 1 nitrogen and oxygen atoms in total. The van der Waals surface area contributed by atoms with E-state index < -0.39 is 0 Å². The summed E-state index contributed by atoms with van der Waals surface area (Å²) in [7, 11) is 0. The molecule has 17 heavy (non-hydrogen) atoms. The van der Waals surface area contributed by atoms with Crippen molar-refractivity contribution < 1.29 is 4.39 Å². The standard InChI is InChI=1S/C14H21BrFN/c1-5-8-17-13(14(2,3)4)11-7-6-10(16)9-12(11)15/h6-7,9,13,17H,5,8H2,1-4H3. The van der Waals surface area contributed by atoms with E-state index in [1.54, 1.807) is 0 Å². The highest BCUT2D eigenvalue weighted by Gasteiger charge is 2.27. The van der Waals surface area contributed by atoms with Crippen LogP contribution in [0.3, 0.4) is 0 Å². The second-order valence-corrected chi connectivity index (χ2v) is 6.27. The third-order valence-corrected chi connectivity index (χ3v) is 3.42. The van der Waals surface area contributed by atoms with Crippen molar-refractivity contribution in [2.24, 2.45) is 5.41 Å². The summed E-state index contributed by atoms with van der Waals surface area (Å²) in [4.78, 5) is 0. The van der Waals surface area contributed by atoms with Gasteiger partial charge in [0.1, 0.15) is 5.82 Å². The first kappa shape index (κ1) is 14.7. The molecule has 1 unspecified atom stereocenters. The summed E-state index contributed by atoms with van der Waals surface area (Å²) in [6, 6.07) is 5.13. The molecule has 0 fully saturated rings. The molecule has 1 N–H and O–H groups in total. The Morgan fingerprint density at radius 2 is 2.00 bits per heavy atom. The highest BCUT2D eigenvalue weighted by atomic mass is 79.9. The van der Waals surface area contributed by atoms with Gasteiger partial charge in [0.2, 0.25) is 0 Å². The molecule has 3 heteroatoms. The molecule has 0 saturated heterocycles. The van der Waals surface area contributed by atoms with E-state index >= 15 is 0 Å². The van der Waals surface area contributed by atoms with E-state index in [0.29, 0.717) is 0 Å². The van der Waals surface area contributed by atoms with Gasteiger partial charge < -0.3 is 5.32 Å². The van der Waals surface area contributed by atoms with Crippen LogP contribution in [0.4, 0.5) is 4.39 Å². The number of halogens is 2. The van der Waals surface area contributed by atoms with Crippen molar-refractivity contribution in [1.82, 2.24) is 5.32 Å². The smallest absolute Gasteiger partial charge is 0.124 e. The molecule has 0 amide bonds. The molecule has 0 radical (unpaired) electrons. The summed E-state index contributed by atoms with van der Waals surface area (Å²) in [6.45, 7) is 9.68. The van der Waals surface area contributed by atoms with Crippen LogP contribution < -0.4 is 5.32 Å². The van der Waals surface area contributed by atoms with Crippen molar-refractivity contribution >= 4 is 15.9 Å². The lowest BCUT2D eigenvalue weighted by Gasteiger charge is -2.33. The van der Waals surface area contributed by atoms with Crippen LogP contribution in [0.5, 0.6) is 0 Å². The molecule has 96 valence electrons. The SMILES string of the molecule is CCCNC(c1ccc(F)cc1Br)C(C)(C)C. The maximum absolute atomic E-state index is 13.1. The zero-order valence-electron chi connectivity index (χ0n) is 11.0. The van der Waals surface area contributed by atoms with Crippen molar-refractivity contribution in [3.8, 4) is 0 Å². The Labute approximate surface area is 112 Å². The molecule has 0 aromatic heterocycles. The Bertz CT molecular complexity index is 371. The molecule has 0 spiro atoms. The lowest BCUT2D eigenvalue weighted by molar-refractivity contribution is 0.272. The predicted molar refractivity (Wildman–Crippen MR) is 74.6 cm³/mol. The Balaban J connectivity index is 3.04. The fraction of sp³-hybridized carbons (Fsp3) is 0.571. The highest BCUT2D eigenvalue weighted by molar-refractivity contribution is 9.10. The van der Waals surface area contributed by atoms with Crippen molar-refractivity contribution in [3.63, 3.8) is 0 Å². The topological polar surface area (TPSA) is 12.0 Å². The van der Waals surface area contributed by atoms with Crippen LogP contribution in [0, 0.1) is 11.2 Å². The van der Waals surface area contributed by atoms with E-state index in [9.17, 15) is 4.39 Å². The average Bonchev–Trinajstić information content (AvgIpc) is 2.19. The number of benzene rings is 1. The molecular weight excluding hydrogens is 281 g/mol. The maximum atomic E-state index is 13.1. The van der Waals surface area contributed by atoms with Crippen LogP contribution in [0.25, 0.3) is 0 Å². The van der Waals surface area contributed by atoms with Gasteiger partial charge in [0, 0.05) is 10.5 Å². The monoisotopic (exact) mass is 301 g/mol. The van der Waals surface area contributed by atoms with Gasteiger partial charge in [-0.05, 0) is 36.1 Å². The van der Waals surface area contributed by atoms with E-state index in [4.69, 9.17) is 0 Å². The number of rotatable bonds is 4. The number of hydrogen-bond donors (Lipinski definition) is 1. The van der Waals surface area contributed by atoms with Crippen molar-refractivity contribution in [2.75, 3.05) is 6.54 Å². The van der Waals surface area contributed by atoms with E-state index in [1.807, 2.05) is 6.07 Å². The number of hydrogen-bond acceptors (Lipinski definition) is 1. The third-order valence-electron chi connectivity index (χ3n) is 2.74. The van der Waals surface area contributed by atoms with Crippen LogP contribution in [-0.2, 0) is 0 Å². The van der Waals surface area contributed by atoms with Gasteiger partial charge in [0.25, 0.3) is 0 Å². The van der Waals surface area contributed by atoms with Gasteiger partial charge in [-0.3, -0.25) is 0 Å². The second-order valence-electron chi connectivity index (χ2n) is 5.42. The molecule has 0 aliphatic carbocycles. The molecule has 1 atom stereocenters. The molecule has 1 aromatic rings. The fourth-order valence-corrected chi connectivity index (χ4v) is 2.49. The summed E-state index contributed by atoms with van der Waals surface area (Å²) in [5, 5.41) is 3.53. The zero-order valence-corrected chi connectivity index (χ0v) is 12.6. The zero-order chi connectivity index (χ0) is 13.1. The van der Waals surface area contributed by atoms with Gasteiger partial charge >= 0.3 is 0 Å². The quantitative estimate of drug-likeness (QED) is 0.852. The molecule has 0 aliphatic heterocycles. The van der Waals surface area contributed by atoms with Crippen molar-refractivity contribution in [2.45, 2.75) is 40.2 Å². The van der Waals surface area contributed by atoms with Crippen LogP contribution in [0.2, 0.25) is 0 Å². The Hall–Kier alpha value is -0.410. The third kappa shape index (κ3) is 4.07. The van der Waals surface area contributed by atoms with Gasteiger partial charge in [0.05, 0.1) is 0 Å². The minimum Gasteiger partial charge on any atom is -0.309 e. The Kier molecular flexibility index (Phi) is 5.14. The van der Waals surface area contributed by atoms with Gasteiger partial charge in [-0.25, -0.2) is 4.39 Å². The minimum atomic E-state index is -0.205. The average molecular weight is 302 g/mol. The van der Waals surface area contributed by atoms with Crippen molar-refractivity contribution in [1.29, 1.82) is 0 Å². The first-order chi connectivity index (χ1) is 7.86. The molecule has 1 aromatic carbocycles. The maximum Gasteiger partial charge on any atom is 0.124 e. The first-order valence-corrected chi connectivity index (χ1v) is 6.84. The van der Waals surface area contributed by atoms with E-state index in [0.717, 1.165) is 23.0 Å². The molecule has 0 bridgehead atoms. The van der Waals surface area contributed by atoms with E-state index in [1.165, 1.54) is 12.1 Å². The van der Waals surface area contributed by atoms with Gasteiger partial charge in [-0.15, -0.1) is 0 Å². The van der Waals surface area contributed by atoms with E-state index in [-0.39, 0.29) is 17.3 Å². The molecule has 1 rings (SSSR count). The largest absolute Gasteiger partial charge is 0.309 e. The first-order valence-electron chi connectivity index (χ1n) is 6.04. The Morgan fingerprint density at radius 3 is 2.47 bits per heavy atom. The number of nitrogens with one attached hydrogen (secondary N) is 1. The van der Waals surface area contributed by atoms with Gasteiger partial charge in [0.15, 0.2) is 0 Å². The van der Waals surface area contributed by atoms with Crippen molar-refractivity contribution in [3.05, 3.63) is 34.1 Å².